The summed E-state index contributed by atoms with van der Waals surface area (Å²) >= 11 is 0. The highest BCUT2D eigenvalue weighted by Crippen LogP contribution is 2.24. The minimum absolute atomic E-state index is 0. The molecule has 130 valence electrons. The summed E-state index contributed by atoms with van der Waals surface area (Å²) in [6.45, 7) is 2.86. The van der Waals surface area contributed by atoms with Crippen molar-refractivity contribution in [3.63, 3.8) is 0 Å². The third kappa shape index (κ3) is 4.67. The zero-order valence-corrected chi connectivity index (χ0v) is 14.7. The molecule has 1 aromatic heterocycles. The summed E-state index contributed by atoms with van der Waals surface area (Å²) < 4.78 is 1.88. The van der Waals surface area contributed by atoms with Crippen molar-refractivity contribution < 1.29 is 4.79 Å². The van der Waals surface area contributed by atoms with Crippen LogP contribution in [0.2, 0.25) is 0 Å². The molecule has 1 aliphatic carbocycles. The van der Waals surface area contributed by atoms with E-state index in [0.29, 0.717) is 17.7 Å². The molecule has 2 aliphatic rings. The maximum atomic E-state index is 12.5. The molecule has 1 saturated heterocycles. The van der Waals surface area contributed by atoms with Crippen molar-refractivity contribution >= 4 is 18.3 Å². The van der Waals surface area contributed by atoms with E-state index in [1.165, 1.54) is 32.1 Å². The highest BCUT2D eigenvalue weighted by Gasteiger charge is 2.23. The molecule has 2 fully saturated rings. The van der Waals surface area contributed by atoms with Crippen molar-refractivity contribution in [3.8, 4) is 0 Å². The Kier molecular flexibility index (Phi) is 6.84. The Morgan fingerprint density at radius 2 is 1.96 bits per heavy atom. The van der Waals surface area contributed by atoms with Gasteiger partial charge in [-0.25, -0.2) is 4.68 Å². The van der Waals surface area contributed by atoms with E-state index in [4.69, 9.17) is 0 Å². The molecule has 3 rings (SSSR count). The first-order valence-corrected chi connectivity index (χ1v) is 8.62. The average Bonchev–Trinajstić information content (AvgIpc) is 3.06. The van der Waals surface area contributed by atoms with Gasteiger partial charge in [-0.3, -0.25) is 4.79 Å². The number of aromatic nitrogens is 3. The maximum Gasteiger partial charge on any atom is 0.275 e. The number of piperidine rings is 1. The van der Waals surface area contributed by atoms with Crippen LogP contribution in [0.1, 0.15) is 61.5 Å². The number of amides is 1. The van der Waals surface area contributed by atoms with Gasteiger partial charge in [-0.1, -0.05) is 24.5 Å². The lowest BCUT2D eigenvalue weighted by Crippen LogP contribution is -2.33. The summed E-state index contributed by atoms with van der Waals surface area (Å²) in [6.07, 6.45) is 10.4. The summed E-state index contributed by atoms with van der Waals surface area (Å²) in [5, 5.41) is 11.6. The van der Waals surface area contributed by atoms with Crippen LogP contribution in [0.25, 0.3) is 0 Å². The summed E-state index contributed by atoms with van der Waals surface area (Å²) in [5.41, 5.74) is 0.483. The fourth-order valence-electron chi connectivity index (χ4n) is 3.66. The Morgan fingerprint density at radius 1 is 1.26 bits per heavy atom. The second kappa shape index (κ2) is 8.64. The van der Waals surface area contributed by atoms with Gasteiger partial charge in [0.1, 0.15) is 0 Å². The fourth-order valence-corrected chi connectivity index (χ4v) is 3.66. The molecule has 7 heteroatoms. The Labute approximate surface area is 144 Å². The van der Waals surface area contributed by atoms with Crippen molar-refractivity contribution in [2.24, 2.45) is 5.92 Å². The minimum atomic E-state index is 0. The molecule has 1 amide bonds. The lowest BCUT2D eigenvalue weighted by molar-refractivity contribution is 0.0754. The van der Waals surface area contributed by atoms with Gasteiger partial charge in [0.05, 0.1) is 12.2 Å². The second-order valence-corrected chi connectivity index (χ2v) is 6.75. The minimum Gasteiger partial charge on any atom is -0.340 e. The summed E-state index contributed by atoms with van der Waals surface area (Å²) in [6, 6.07) is 0.374. The van der Waals surface area contributed by atoms with Crippen LogP contribution >= 0.6 is 12.4 Å². The quantitative estimate of drug-likeness (QED) is 0.912. The first kappa shape index (κ1) is 18.2. The van der Waals surface area contributed by atoms with E-state index in [9.17, 15) is 4.79 Å². The smallest absolute Gasteiger partial charge is 0.275 e. The van der Waals surface area contributed by atoms with Gasteiger partial charge in [0.15, 0.2) is 5.69 Å². The topological polar surface area (TPSA) is 63.1 Å². The number of hydrogen-bond donors (Lipinski definition) is 1. The number of carbonyl (C=O) groups excluding carboxylic acids is 1. The summed E-state index contributed by atoms with van der Waals surface area (Å²) in [4.78, 5) is 14.3. The lowest BCUT2D eigenvalue weighted by atomic mass is 9.89. The average molecular weight is 342 g/mol. The molecule has 23 heavy (non-hydrogen) atoms. The Morgan fingerprint density at radius 3 is 2.65 bits per heavy atom. The Balaban J connectivity index is 0.00000192. The van der Waals surface area contributed by atoms with Gasteiger partial charge in [-0.05, 0) is 44.7 Å². The van der Waals surface area contributed by atoms with Gasteiger partial charge in [0.2, 0.25) is 0 Å². The van der Waals surface area contributed by atoms with E-state index >= 15 is 0 Å². The van der Waals surface area contributed by atoms with Gasteiger partial charge >= 0.3 is 0 Å². The highest BCUT2D eigenvalue weighted by molar-refractivity contribution is 5.91. The Hall–Kier alpha value is -1.14. The maximum absolute atomic E-state index is 12.5. The van der Waals surface area contributed by atoms with Gasteiger partial charge in [-0.2, -0.15) is 0 Å². The van der Waals surface area contributed by atoms with Crippen molar-refractivity contribution in [2.45, 2.75) is 51.0 Å². The molecular formula is C16H28ClN5O. The summed E-state index contributed by atoms with van der Waals surface area (Å²) in [7, 11) is 1.89. The van der Waals surface area contributed by atoms with Crippen molar-refractivity contribution in [3.05, 3.63) is 11.9 Å². The number of nitrogens with zero attached hydrogens (tertiary/aromatic N) is 4. The molecule has 1 aromatic rings. The third-order valence-electron chi connectivity index (χ3n) is 5.02. The fraction of sp³-hybridized carbons (Fsp3) is 0.812. The van der Waals surface area contributed by atoms with Gasteiger partial charge in [-0.15, -0.1) is 17.5 Å². The van der Waals surface area contributed by atoms with Crippen molar-refractivity contribution in [1.29, 1.82) is 0 Å². The molecule has 0 aromatic carbocycles. The van der Waals surface area contributed by atoms with E-state index in [1.54, 1.807) is 0 Å². The molecule has 0 spiro atoms. The molecule has 1 N–H and O–H groups in total. The van der Waals surface area contributed by atoms with Crippen LogP contribution in [-0.4, -0.2) is 52.5 Å². The van der Waals surface area contributed by atoms with E-state index in [0.717, 1.165) is 32.5 Å². The molecule has 1 saturated carbocycles. The van der Waals surface area contributed by atoms with Crippen LogP contribution in [0.3, 0.4) is 0 Å². The van der Waals surface area contributed by atoms with Crippen LogP contribution in [0.5, 0.6) is 0 Å². The molecule has 6 nitrogen and oxygen atoms in total. The van der Waals surface area contributed by atoms with E-state index in [-0.39, 0.29) is 18.3 Å². The van der Waals surface area contributed by atoms with E-state index in [1.807, 2.05) is 22.8 Å². The molecule has 0 bridgehead atoms. The lowest BCUT2D eigenvalue weighted by Gasteiger charge is -2.26. The van der Waals surface area contributed by atoms with E-state index in [2.05, 4.69) is 15.6 Å². The van der Waals surface area contributed by atoms with Crippen LogP contribution in [0.15, 0.2) is 6.20 Å². The van der Waals surface area contributed by atoms with Crippen LogP contribution < -0.4 is 5.32 Å². The zero-order chi connectivity index (χ0) is 15.4. The van der Waals surface area contributed by atoms with Crippen molar-refractivity contribution in [1.82, 2.24) is 25.2 Å². The molecular weight excluding hydrogens is 314 g/mol. The highest BCUT2D eigenvalue weighted by atomic mass is 35.5. The number of nitrogens with one attached hydrogen (secondary N) is 1. The monoisotopic (exact) mass is 341 g/mol. The number of halogens is 1. The molecule has 0 radical (unpaired) electrons. The predicted molar refractivity (Wildman–Crippen MR) is 91.9 cm³/mol. The standard InChI is InChI=1S/C16H27N5O.ClH/c1-20(11-13-5-3-2-4-6-13)16(22)15-12-21(19-18-15)14-7-9-17-10-8-14;/h12-14,17H,2-11H2,1H3;1H. The molecule has 0 atom stereocenters. The molecule has 2 heterocycles. The van der Waals surface area contributed by atoms with Crippen LogP contribution in [-0.2, 0) is 0 Å². The normalized spacial score (nSPS) is 20.0. The third-order valence-corrected chi connectivity index (χ3v) is 5.02. The van der Waals surface area contributed by atoms with Crippen molar-refractivity contribution in [2.75, 3.05) is 26.7 Å². The largest absolute Gasteiger partial charge is 0.340 e. The number of carbonyl (C=O) groups is 1. The SMILES string of the molecule is CN(CC1CCCCC1)C(=O)c1cn(C2CCNCC2)nn1.Cl. The molecule has 1 aliphatic heterocycles. The van der Waals surface area contributed by atoms with Gasteiger partial charge in [0, 0.05) is 13.6 Å². The first-order chi connectivity index (χ1) is 10.7. The number of hydrogen-bond acceptors (Lipinski definition) is 4. The van der Waals surface area contributed by atoms with Gasteiger partial charge in [0.25, 0.3) is 5.91 Å². The molecule has 0 unspecified atom stereocenters. The number of rotatable bonds is 4. The predicted octanol–water partition coefficient (Wildman–Crippen LogP) is 2.28. The summed E-state index contributed by atoms with van der Waals surface area (Å²) in [5.74, 6) is 0.660. The Bertz CT molecular complexity index is 494. The first-order valence-electron chi connectivity index (χ1n) is 8.62. The van der Waals surface area contributed by atoms with Crippen LogP contribution in [0, 0.1) is 5.92 Å². The van der Waals surface area contributed by atoms with E-state index < -0.39 is 0 Å². The van der Waals surface area contributed by atoms with Gasteiger partial charge < -0.3 is 10.2 Å². The zero-order valence-electron chi connectivity index (χ0n) is 13.9. The second-order valence-electron chi connectivity index (χ2n) is 6.75. The van der Waals surface area contributed by atoms with Crippen LogP contribution in [0.4, 0.5) is 0 Å².